The highest BCUT2D eigenvalue weighted by Gasteiger charge is 2.34. The van der Waals surface area contributed by atoms with Crippen LogP contribution in [-0.2, 0) is 43.7 Å². The fourth-order valence-electron chi connectivity index (χ4n) is 10.5. The first-order valence-corrected chi connectivity index (χ1v) is 25.8. The standard InChI is InChI=1S/C53H76N8O7/c1-5-8-11-17-48(62)67-37-60-47-16-14-13-15-42(47)35-45(51(60)64)41-19-26-59(27-20-41)53(66)55-46(52(65)58-30-28-57(29-31-58)44-21-24-56(25-22-44)23-10-7-3)34-40-32-39(4)50-43(33-40)36-54-61(50)38-68-49(63)18-12-9-6-2/h13-16,32-33,35-36,41,44,46H,5-12,17-31,34,37-38H2,1-4H3,(H,55,66)/t46-/m1/s1. The van der Waals surface area contributed by atoms with Gasteiger partial charge in [-0.1, -0.05) is 77.1 Å². The van der Waals surface area contributed by atoms with Gasteiger partial charge in [0.1, 0.15) is 6.04 Å². The molecule has 4 aromatic rings. The molecule has 2 aromatic carbocycles. The van der Waals surface area contributed by atoms with E-state index in [9.17, 15) is 24.0 Å². The predicted molar refractivity (Wildman–Crippen MR) is 265 cm³/mol. The summed E-state index contributed by atoms with van der Waals surface area (Å²) in [5, 5.41) is 9.49. The molecule has 0 saturated carbocycles. The summed E-state index contributed by atoms with van der Waals surface area (Å²) in [6.07, 6.45) is 14.2. The number of benzene rings is 2. The van der Waals surface area contributed by atoms with Crippen molar-refractivity contribution in [2.45, 2.75) is 155 Å². The van der Waals surface area contributed by atoms with Crippen LogP contribution in [0.2, 0.25) is 0 Å². The number of urea groups is 1. The van der Waals surface area contributed by atoms with E-state index in [1.165, 1.54) is 19.4 Å². The fraction of sp³-hybridized carbons (Fsp3) is 0.623. The van der Waals surface area contributed by atoms with Gasteiger partial charge in [0.25, 0.3) is 5.56 Å². The number of piperidine rings is 2. The highest BCUT2D eigenvalue weighted by molar-refractivity contribution is 5.88. The van der Waals surface area contributed by atoms with Gasteiger partial charge in [-0.05, 0) is 112 Å². The van der Waals surface area contributed by atoms with Crippen molar-refractivity contribution in [1.82, 2.24) is 39.3 Å². The molecule has 15 heteroatoms. The molecule has 3 amide bonds. The fourth-order valence-corrected chi connectivity index (χ4v) is 10.5. The molecule has 0 bridgehead atoms. The Hall–Kier alpha value is -5.28. The van der Waals surface area contributed by atoms with Gasteiger partial charge in [-0.3, -0.25) is 28.6 Å². The normalized spacial score (nSPS) is 17.2. The molecule has 0 radical (unpaired) electrons. The predicted octanol–water partition coefficient (Wildman–Crippen LogP) is 7.73. The Bertz CT molecular complexity index is 2370. The monoisotopic (exact) mass is 937 g/mol. The topological polar surface area (TPSA) is 152 Å². The lowest BCUT2D eigenvalue weighted by molar-refractivity contribution is -0.148. The van der Waals surface area contributed by atoms with Crippen LogP contribution >= 0.6 is 0 Å². The van der Waals surface area contributed by atoms with Crippen molar-refractivity contribution in [2.24, 2.45) is 0 Å². The maximum Gasteiger partial charge on any atom is 0.318 e. The van der Waals surface area contributed by atoms with Gasteiger partial charge in [0.15, 0.2) is 13.5 Å². The zero-order chi connectivity index (χ0) is 48.0. The lowest BCUT2D eigenvalue weighted by Crippen LogP contribution is -2.59. The maximum absolute atomic E-state index is 14.7. The number of likely N-dealkylation sites (tertiary alicyclic amines) is 2. The molecule has 3 saturated heterocycles. The Morgan fingerprint density at radius 3 is 2.07 bits per heavy atom. The van der Waals surface area contributed by atoms with Crippen molar-refractivity contribution >= 4 is 45.7 Å². The molecule has 7 rings (SSSR count). The van der Waals surface area contributed by atoms with Gasteiger partial charge >= 0.3 is 18.0 Å². The van der Waals surface area contributed by atoms with E-state index in [-0.39, 0.29) is 48.8 Å². The number of nitrogens with zero attached hydrogens (tertiary/aromatic N) is 7. The van der Waals surface area contributed by atoms with Gasteiger partial charge in [-0.25, -0.2) is 9.48 Å². The van der Waals surface area contributed by atoms with Crippen LogP contribution in [0.1, 0.15) is 133 Å². The zero-order valence-electron chi connectivity index (χ0n) is 41.2. The number of aryl methyl sites for hydroxylation is 1. The second-order valence-corrected chi connectivity index (χ2v) is 19.3. The highest BCUT2D eigenvalue weighted by atomic mass is 16.5. The number of hydrogen-bond donors (Lipinski definition) is 1. The van der Waals surface area contributed by atoms with Gasteiger partial charge in [0.2, 0.25) is 5.91 Å². The number of unbranched alkanes of at least 4 members (excludes halogenated alkanes) is 5. The molecule has 15 nitrogen and oxygen atoms in total. The summed E-state index contributed by atoms with van der Waals surface area (Å²) >= 11 is 0. The minimum absolute atomic E-state index is 0.0259. The van der Waals surface area contributed by atoms with Crippen LogP contribution in [0.15, 0.2) is 53.5 Å². The van der Waals surface area contributed by atoms with Gasteiger partial charge in [-0.2, -0.15) is 5.10 Å². The van der Waals surface area contributed by atoms with Crippen LogP contribution in [-0.4, -0.2) is 129 Å². The van der Waals surface area contributed by atoms with Crippen molar-refractivity contribution in [2.75, 3.05) is 58.9 Å². The Kier molecular flexibility index (Phi) is 18.5. The van der Waals surface area contributed by atoms with Crippen LogP contribution in [0, 0.1) is 6.92 Å². The molecule has 0 unspecified atom stereocenters. The van der Waals surface area contributed by atoms with E-state index in [1.807, 2.05) is 54.3 Å². The summed E-state index contributed by atoms with van der Waals surface area (Å²) in [4.78, 5) is 76.8. The second kappa shape index (κ2) is 24.8. The number of carbonyl (C=O) groups excluding carboxylic acids is 4. The molecule has 370 valence electrons. The second-order valence-electron chi connectivity index (χ2n) is 19.3. The summed E-state index contributed by atoms with van der Waals surface area (Å²) < 4.78 is 14.4. The average molecular weight is 937 g/mol. The van der Waals surface area contributed by atoms with Crippen molar-refractivity contribution in [3.8, 4) is 0 Å². The molecule has 0 aliphatic carbocycles. The van der Waals surface area contributed by atoms with Gasteiger partial charge in [0, 0.05) is 75.5 Å². The molecule has 0 spiro atoms. The summed E-state index contributed by atoms with van der Waals surface area (Å²) in [6, 6.07) is 13.1. The Morgan fingerprint density at radius 1 is 0.735 bits per heavy atom. The average Bonchev–Trinajstić information content (AvgIpc) is 3.78. The number of esters is 2. The number of fused-ring (bicyclic) bond motifs is 2. The number of ether oxygens (including phenoxy) is 2. The van der Waals surface area contributed by atoms with Crippen molar-refractivity contribution in [1.29, 1.82) is 0 Å². The first-order chi connectivity index (χ1) is 33.1. The van der Waals surface area contributed by atoms with Crippen LogP contribution in [0.5, 0.6) is 0 Å². The van der Waals surface area contributed by atoms with Crippen LogP contribution < -0.4 is 10.9 Å². The van der Waals surface area contributed by atoms with E-state index in [2.05, 4.69) is 41.0 Å². The largest absolute Gasteiger partial charge is 0.444 e. The van der Waals surface area contributed by atoms with Crippen molar-refractivity contribution in [3.63, 3.8) is 0 Å². The minimum atomic E-state index is -0.804. The number of aromatic nitrogens is 3. The Morgan fingerprint density at radius 2 is 1.40 bits per heavy atom. The molecule has 68 heavy (non-hydrogen) atoms. The van der Waals surface area contributed by atoms with E-state index in [0.29, 0.717) is 75.4 Å². The molecule has 3 fully saturated rings. The molecular weight excluding hydrogens is 861 g/mol. The SMILES string of the molecule is CCCCCC(=O)OCn1ncc2cc(C[C@@H](NC(=O)N3CCC(c4cc5ccccc5n(COC(=O)CCCCC)c4=O)CC3)C(=O)N3CCN(C4CCN(CCCC)CC4)CC3)cc(C)c21. The lowest BCUT2D eigenvalue weighted by atomic mass is 9.89. The molecular formula is C53H76N8O7. The van der Waals surface area contributed by atoms with Gasteiger partial charge in [0.05, 0.1) is 17.2 Å². The first kappa shape index (κ1) is 50.6. The number of piperazine rings is 1. The molecule has 1 N–H and O–H groups in total. The Labute approximate surface area is 402 Å². The number of pyridine rings is 1. The number of carbonyl (C=O) groups is 4. The number of amides is 3. The quantitative estimate of drug-likeness (QED) is 0.0650. The van der Waals surface area contributed by atoms with Crippen molar-refractivity contribution < 1.29 is 28.7 Å². The maximum atomic E-state index is 14.7. The van der Waals surface area contributed by atoms with Crippen molar-refractivity contribution in [3.05, 3.63) is 75.7 Å². The number of hydrogen-bond acceptors (Lipinski definition) is 10. The third-order valence-corrected chi connectivity index (χ3v) is 14.5. The third-order valence-electron chi connectivity index (χ3n) is 14.5. The van der Waals surface area contributed by atoms with E-state index in [1.54, 1.807) is 20.3 Å². The van der Waals surface area contributed by atoms with E-state index < -0.39 is 6.04 Å². The summed E-state index contributed by atoms with van der Waals surface area (Å²) in [6.45, 7) is 15.4. The smallest absolute Gasteiger partial charge is 0.318 e. The number of nitrogens with one attached hydrogen (secondary N) is 1. The summed E-state index contributed by atoms with van der Waals surface area (Å²) in [5.74, 6) is -0.740. The van der Waals surface area contributed by atoms with Crippen LogP contribution in [0.4, 0.5) is 4.79 Å². The molecule has 5 heterocycles. The molecule has 3 aliphatic rings. The molecule has 1 atom stereocenters. The van der Waals surface area contributed by atoms with E-state index in [4.69, 9.17) is 9.47 Å². The first-order valence-electron chi connectivity index (χ1n) is 25.8. The van der Waals surface area contributed by atoms with Crippen LogP contribution in [0.25, 0.3) is 21.8 Å². The lowest BCUT2D eigenvalue weighted by Gasteiger charge is -2.43. The molecule has 2 aromatic heterocycles. The zero-order valence-corrected chi connectivity index (χ0v) is 41.2. The van der Waals surface area contributed by atoms with E-state index >= 15 is 0 Å². The number of para-hydroxylation sites is 1. The minimum Gasteiger partial charge on any atom is -0.444 e. The Balaban J connectivity index is 1.03. The number of rotatable bonds is 21. The van der Waals surface area contributed by atoms with Gasteiger partial charge in [-0.15, -0.1) is 0 Å². The third kappa shape index (κ3) is 13.1. The van der Waals surface area contributed by atoms with E-state index in [0.717, 1.165) is 105 Å². The molecule has 3 aliphatic heterocycles. The van der Waals surface area contributed by atoms with Crippen LogP contribution in [0.3, 0.4) is 0 Å². The highest BCUT2D eigenvalue weighted by Crippen LogP contribution is 2.29. The summed E-state index contributed by atoms with van der Waals surface area (Å²) in [5.41, 5.74) is 3.87. The van der Waals surface area contributed by atoms with Gasteiger partial charge < -0.3 is 29.5 Å². The summed E-state index contributed by atoms with van der Waals surface area (Å²) in [7, 11) is 0.